The average molecular weight is 355 g/mol. The summed E-state index contributed by atoms with van der Waals surface area (Å²) in [6, 6.07) is 22.7. The highest BCUT2D eigenvalue weighted by molar-refractivity contribution is 5.97. The summed E-state index contributed by atoms with van der Waals surface area (Å²) in [4.78, 5) is 13.5. The fourth-order valence-electron chi connectivity index (χ4n) is 3.16. The second-order valence-electron chi connectivity index (χ2n) is 6.12. The van der Waals surface area contributed by atoms with Crippen molar-refractivity contribution in [2.24, 2.45) is 0 Å². The lowest BCUT2D eigenvalue weighted by molar-refractivity contribution is 0.0697. The van der Waals surface area contributed by atoms with E-state index in [2.05, 4.69) is 5.73 Å². The molecule has 1 N–H and O–H groups in total. The molecule has 0 bridgehead atoms. The third-order valence-corrected chi connectivity index (χ3v) is 4.46. The zero-order valence-electron chi connectivity index (χ0n) is 14.7. The number of aromatic carboxylic acids is 1. The molecule has 0 amide bonds. The van der Waals surface area contributed by atoms with Crippen molar-refractivity contribution in [2.45, 2.75) is 0 Å². The number of carboxylic acids is 1. The van der Waals surface area contributed by atoms with Gasteiger partial charge in [0.2, 0.25) is 0 Å². The molecule has 132 valence electrons. The van der Waals surface area contributed by atoms with Crippen molar-refractivity contribution >= 4 is 29.1 Å². The van der Waals surface area contributed by atoms with Crippen molar-refractivity contribution in [1.29, 1.82) is 0 Å². The summed E-state index contributed by atoms with van der Waals surface area (Å²) in [7, 11) is 1.63. The lowest BCUT2D eigenvalue weighted by Gasteiger charge is -2.30. The number of methoxy groups -OCH3 is 1. The van der Waals surface area contributed by atoms with E-state index in [9.17, 15) is 9.90 Å². The fourth-order valence-corrected chi connectivity index (χ4v) is 3.16. The minimum atomic E-state index is -0.954. The molecule has 0 aliphatic carbocycles. The summed E-state index contributed by atoms with van der Waals surface area (Å²) < 4.78 is 5.33. The van der Waals surface area contributed by atoms with Gasteiger partial charge in [0.15, 0.2) is 0 Å². The van der Waals surface area contributed by atoms with Gasteiger partial charge >= 0.3 is 5.97 Å². The van der Waals surface area contributed by atoms with E-state index < -0.39 is 5.97 Å². The van der Waals surface area contributed by atoms with E-state index >= 15 is 0 Å². The van der Waals surface area contributed by atoms with Crippen LogP contribution in [-0.2, 0) is 0 Å². The van der Waals surface area contributed by atoms with E-state index in [0.29, 0.717) is 0 Å². The molecule has 1 aliphatic rings. The summed E-state index contributed by atoms with van der Waals surface area (Å²) in [5.41, 5.74) is 8.11. The number of fused-ring (bicyclic) bond motifs is 1. The van der Waals surface area contributed by atoms with E-state index in [1.54, 1.807) is 25.3 Å². The molecule has 0 aromatic heterocycles. The molecule has 27 heavy (non-hydrogen) atoms. The van der Waals surface area contributed by atoms with Crippen LogP contribution in [0.15, 0.2) is 78.5 Å². The Labute approximate surface area is 157 Å². The summed E-state index contributed by atoms with van der Waals surface area (Å²) in [6.45, 7) is 0. The quantitative estimate of drug-likeness (QED) is 0.654. The van der Waals surface area contributed by atoms with Crippen molar-refractivity contribution in [3.63, 3.8) is 0 Å². The highest BCUT2D eigenvalue weighted by Gasteiger charge is 2.22. The number of benzene rings is 3. The molecule has 0 saturated heterocycles. The Hall–Kier alpha value is -3.75. The minimum absolute atomic E-state index is 0.240. The number of ether oxygens (including phenoxy) is 1. The predicted octanol–water partition coefficient (Wildman–Crippen LogP) is 5.20. The summed E-state index contributed by atoms with van der Waals surface area (Å²) in [5, 5.41) is 9.39. The summed E-state index contributed by atoms with van der Waals surface area (Å²) in [6.07, 6.45) is 1.93. The molecular weight excluding hydrogens is 338 g/mol. The van der Waals surface area contributed by atoms with Gasteiger partial charge in [0, 0.05) is 16.8 Å². The maximum absolute atomic E-state index is 11.5. The van der Waals surface area contributed by atoms with Gasteiger partial charge in [-0.25, -0.2) is 4.79 Å². The van der Waals surface area contributed by atoms with Crippen LogP contribution in [0.1, 0.15) is 21.5 Å². The maximum Gasteiger partial charge on any atom is 0.335 e. The molecule has 0 radical (unpaired) electrons. The van der Waals surface area contributed by atoms with Crippen LogP contribution in [0, 0.1) is 0 Å². The van der Waals surface area contributed by atoms with Gasteiger partial charge < -0.3 is 14.7 Å². The highest BCUT2D eigenvalue weighted by Crippen LogP contribution is 2.40. The Morgan fingerprint density at radius 1 is 1.00 bits per heavy atom. The Balaban J connectivity index is 1.94. The van der Waals surface area contributed by atoms with Crippen LogP contribution in [0.5, 0.6) is 5.75 Å². The topological polar surface area (TPSA) is 49.8 Å². The molecule has 0 unspecified atom stereocenters. The van der Waals surface area contributed by atoms with Gasteiger partial charge in [-0.1, -0.05) is 42.1 Å². The monoisotopic (exact) mass is 355 g/mol. The Bertz CT molecular complexity index is 1080. The van der Waals surface area contributed by atoms with E-state index in [-0.39, 0.29) is 5.56 Å². The first-order chi connectivity index (χ1) is 13.2. The zero-order valence-corrected chi connectivity index (χ0v) is 14.7. The molecule has 0 fully saturated rings. The summed E-state index contributed by atoms with van der Waals surface area (Å²) in [5.74, 6) is -0.196. The maximum atomic E-state index is 11.5. The van der Waals surface area contributed by atoms with E-state index in [1.807, 2.05) is 65.6 Å². The first-order valence-electron chi connectivity index (χ1n) is 8.51. The lowest BCUT2D eigenvalue weighted by atomic mass is 10.0. The van der Waals surface area contributed by atoms with Gasteiger partial charge in [0.25, 0.3) is 0 Å². The third kappa shape index (κ3) is 3.10. The lowest BCUT2D eigenvalue weighted by Crippen LogP contribution is -2.18. The van der Waals surface area contributed by atoms with Crippen molar-refractivity contribution < 1.29 is 14.6 Å². The smallest absolute Gasteiger partial charge is 0.335 e. The summed E-state index contributed by atoms with van der Waals surface area (Å²) >= 11 is 0. The molecule has 1 heterocycles. The van der Waals surface area contributed by atoms with Crippen LogP contribution in [0.25, 0.3) is 11.8 Å². The number of carbonyl (C=O) groups is 1. The van der Waals surface area contributed by atoms with Gasteiger partial charge in [-0.15, -0.1) is 0 Å². The molecule has 3 aromatic rings. The molecule has 3 aromatic carbocycles. The second kappa shape index (κ2) is 6.87. The molecular formula is C23H17NO3. The Morgan fingerprint density at radius 3 is 2.56 bits per heavy atom. The fraction of sp³-hybridized carbons (Fsp3) is 0.0435. The third-order valence-electron chi connectivity index (χ3n) is 4.46. The predicted molar refractivity (Wildman–Crippen MR) is 106 cm³/mol. The molecule has 0 spiro atoms. The molecule has 4 nitrogen and oxygen atoms in total. The van der Waals surface area contributed by atoms with Crippen LogP contribution < -0.4 is 9.64 Å². The average Bonchev–Trinajstić information content (AvgIpc) is 2.73. The molecule has 0 saturated carbocycles. The largest absolute Gasteiger partial charge is 0.497 e. The molecule has 4 rings (SSSR count). The second-order valence-corrected chi connectivity index (χ2v) is 6.12. The van der Waals surface area contributed by atoms with Crippen molar-refractivity contribution in [2.75, 3.05) is 12.0 Å². The number of rotatable bonds is 4. The van der Waals surface area contributed by atoms with Gasteiger partial charge in [-0.05, 0) is 42.5 Å². The molecule has 1 aliphatic heterocycles. The first kappa shape index (κ1) is 16.7. The number of nitrogens with zero attached hydrogens (tertiary/aromatic N) is 1. The van der Waals surface area contributed by atoms with E-state index in [0.717, 1.165) is 33.9 Å². The van der Waals surface area contributed by atoms with E-state index in [4.69, 9.17) is 4.74 Å². The van der Waals surface area contributed by atoms with Crippen molar-refractivity contribution in [3.8, 4) is 5.75 Å². The number of hydrogen-bond acceptors (Lipinski definition) is 3. The SMILES string of the molecule is COc1ccc2c(c1)C=C=C(c1ccccc1)N2c1cccc(C(=O)O)c1. The van der Waals surface area contributed by atoms with Crippen LogP contribution in [0.2, 0.25) is 0 Å². The Morgan fingerprint density at radius 2 is 1.81 bits per heavy atom. The normalized spacial score (nSPS) is 12.3. The van der Waals surface area contributed by atoms with Crippen LogP contribution in [0.3, 0.4) is 0 Å². The van der Waals surface area contributed by atoms with Gasteiger partial charge in [0.1, 0.15) is 5.75 Å². The van der Waals surface area contributed by atoms with Gasteiger partial charge in [-0.3, -0.25) is 0 Å². The van der Waals surface area contributed by atoms with Gasteiger partial charge in [0.05, 0.1) is 24.1 Å². The van der Waals surface area contributed by atoms with Gasteiger partial charge in [-0.2, -0.15) is 0 Å². The highest BCUT2D eigenvalue weighted by atomic mass is 16.5. The molecule has 4 heteroatoms. The van der Waals surface area contributed by atoms with Crippen LogP contribution >= 0.6 is 0 Å². The van der Waals surface area contributed by atoms with Crippen molar-refractivity contribution in [1.82, 2.24) is 0 Å². The first-order valence-corrected chi connectivity index (χ1v) is 8.51. The molecule has 0 atom stereocenters. The number of anilines is 2. The standard InChI is InChI=1S/C23H17NO3/c1-27-20-11-13-22-17(15-20)10-12-21(16-6-3-2-4-7-16)24(22)19-9-5-8-18(14-19)23(25)26/h2-11,13-15H,1H3,(H,25,26). The minimum Gasteiger partial charge on any atom is -0.497 e. The van der Waals surface area contributed by atoms with Crippen LogP contribution in [0.4, 0.5) is 11.4 Å². The zero-order chi connectivity index (χ0) is 18.8. The number of hydrogen-bond donors (Lipinski definition) is 1. The van der Waals surface area contributed by atoms with Crippen molar-refractivity contribution in [3.05, 3.63) is 95.2 Å². The van der Waals surface area contributed by atoms with E-state index in [1.165, 1.54) is 0 Å². The Kier molecular flexibility index (Phi) is 4.25. The number of carboxylic acid groups (broad SMARTS) is 1. The van der Waals surface area contributed by atoms with Crippen LogP contribution in [-0.4, -0.2) is 18.2 Å².